The van der Waals surface area contributed by atoms with E-state index in [1.165, 1.54) is 12.1 Å². The first-order valence-electron chi connectivity index (χ1n) is 11.2. The van der Waals surface area contributed by atoms with Crippen LogP contribution in [0, 0.1) is 0 Å². The second-order valence-corrected chi connectivity index (χ2v) is 9.24. The van der Waals surface area contributed by atoms with Gasteiger partial charge < -0.3 is 26.4 Å². The van der Waals surface area contributed by atoms with Crippen LogP contribution < -0.4 is 21.7 Å². The van der Waals surface area contributed by atoms with Crippen LogP contribution in [-0.4, -0.2) is 36.4 Å². The van der Waals surface area contributed by atoms with Crippen molar-refractivity contribution in [3.8, 4) is 0 Å². The molecule has 0 fully saturated rings. The van der Waals surface area contributed by atoms with Crippen molar-refractivity contribution in [1.82, 2.24) is 16.0 Å². The molecule has 38 heavy (non-hydrogen) atoms. The van der Waals surface area contributed by atoms with Crippen LogP contribution in [-0.2, 0) is 22.7 Å². The third kappa shape index (κ3) is 8.37. The number of carbonyl (C=O) groups is 4. The van der Waals surface area contributed by atoms with Crippen molar-refractivity contribution >= 4 is 58.6 Å². The summed E-state index contributed by atoms with van der Waals surface area (Å²) in [4.78, 5) is 49.5. The lowest BCUT2D eigenvalue weighted by molar-refractivity contribution is -0.147. The van der Waals surface area contributed by atoms with E-state index in [2.05, 4.69) is 16.0 Å². The Hall–Kier alpha value is -3.79. The van der Waals surface area contributed by atoms with Crippen LogP contribution in [0.5, 0.6) is 0 Å². The van der Waals surface area contributed by atoms with E-state index in [1.54, 1.807) is 48.5 Å². The first-order chi connectivity index (χ1) is 18.1. The lowest BCUT2D eigenvalue weighted by Crippen LogP contribution is -2.50. The number of nitrogens with two attached hydrogens (primary N) is 1. The zero-order valence-electron chi connectivity index (χ0n) is 19.8. The number of rotatable bonds is 10. The van der Waals surface area contributed by atoms with Crippen LogP contribution in [0.1, 0.15) is 31.8 Å². The minimum Gasteiger partial charge on any atom is -0.459 e. The molecule has 0 aliphatic heterocycles. The van der Waals surface area contributed by atoms with Crippen LogP contribution in [0.15, 0.2) is 66.7 Å². The number of amides is 4. The Morgan fingerprint density at radius 3 is 2.11 bits per heavy atom. The van der Waals surface area contributed by atoms with E-state index in [-0.39, 0.29) is 40.9 Å². The number of nitrogens with one attached hydrogen (secondary N) is 3. The number of carbonyl (C=O) groups excluding carboxylic acids is 4. The topological polar surface area (TPSA) is 140 Å². The second kappa shape index (κ2) is 13.7. The Bertz CT molecular complexity index is 1310. The van der Waals surface area contributed by atoms with E-state index in [1.807, 2.05) is 6.07 Å². The smallest absolute Gasteiger partial charge is 0.330 e. The molecule has 0 heterocycles. The summed E-state index contributed by atoms with van der Waals surface area (Å²) in [7, 11) is 0. The number of urea groups is 1. The van der Waals surface area contributed by atoms with E-state index in [4.69, 9.17) is 45.3 Å². The molecule has 0 bridgehead atoms. The van der Waals surface area contributed by atoms with Crippen LogP contribution >= 0.6 is 34.8 Å². The van der Waals surface area contributed by atoms with Gasteiger partial charge in [0.15, 0.2) is 0 Å². The predicted molar refractivity (Wildman–Crippen MR) is 144 cm³/mol. The number of esters is 1. The highest BCUT2D eigenvalue weighted by molar-refractivity contribution is 6.40. The summed E-state index contributed by atoms with van der Waals surface area (Å²) in [5.41, 5.74) is 6.57. The summed E-state index contributed by atoms with van der Waals surface area (Å²) in [6.07, 6.45) is 0. The van der Waals surface area contributed by atoms with E-state index in [0.717, 1.165) is 11.1 Å². The maximum Gasteiger partial charge on any atom is 0.330 e. The van der Waals surface area contributed by atoms with Crippen molar-refractivity contribution in [2.45, 2.75) is 19.2 Å². The standard InChI is InChI=1S/C26H23Cl3N4O5/c27-18-8-4-7-16(9-18)12-31-23(34)17-10-19(28)22(20(29)11-17)24(35)33-21(13-32-26(30)37)25(36)38-14-15-5-2-1-3-6-15/h1-11,21H,12-14H2,(H,31,34)(H,33,35)(H3,30,32,37)/t21-/m0/s1. The third-order valence-electron chi connectivity index (χ3n) is 5.17. The number of halogens is 3. The van der Waals surface area contributed by atoms with Crippen molar-refractivity contribution in [2.24, 2.45) is 5.73 Å². The Labute approximate surface area is 233 Å². The number of hydrogen-bond acceptors (Lipinski definition) is 5. The van der Waals surface area contributed by atoms with Crippen molar-refractivity contribution in [3.63, 3.8) is 0 Å². The van der Waals surface area contributed by atoms with Gasteiger partial charge in [-0.15, -0.1) is 0 Å². The lowest BCUT2D eigenvalue weighted by Gasteiger charge is -2.19. The summed E-state index contributed by atoms with van der Waals surface area (Å²) >= 11 is 18.6. The average Bonchev–Trinajstić information content (AvgIpc) is 2.88. The summed E-state index contributed by atoms with van der Waals surface area (Å²) in [6.45, 7) is -0.187. The Kier molecular flexibility index (Phi) is 10.3. The molecule has 3 aromatic carbocycles. The van der Waals surface area contributed by atoms with E-state index >= 15 is 0 Å². The van der Waals surface area contributed by atoms with Gasteiger partial charge in [-0.1, -0.05) is 77.3 Å². The van der Waals surface area contributed by atoms with E-state index in [0.29, 0.717) is 5.02 Å². The second-order valence-electron chi connectivity index (χ2n) is 7.99. The molecule has 4 amide bonds. The van der Waals surface area contributed by atoms with Gasteiger partial charge in [-0.05, 0) is 35.4 Å². The molecule has 3 aromatic rings. The summed E-state index contributed by atoms with van der Waals surface area (Å²) in [6, 6.07) is 16.2. The number of ether oxygens (including phenoxy) is 1. The fraction of sp³-hybridized carbons (Fsp3) is 0.154. The molecule has 0 aromatic heterocycles. The van der Waals surface area contributed by atoms with Gasteiger partial charge in [0.05, 0.1) is 22.2 Å². The van der Waals surface area contributed by atoms with E-state index < -0.39 is 29.9 Å². The summed E-state index contributed by atoms with van der Waals surface area (Å²) in [5, 5.41) is 7.71. The van der Waals surface area contributed by atoms with Gasteiger partial charge in [0.2, 0.25) is 0 Å². The van der Waals surface area contributed by atoms with Gasteiger partial charge in [0.1, 0.15) is 12.6 Å². The fourth-order valence-corrected chi connectivity index (χ4v) is 4.18. The van der Waals surface area contributed by atoms with Crippen molar-refractivity contribution < 1.29 is 23.9 Å². The molecule has 9 nitrogen and oxygen atoms in total. The Balaban J connectivity index is 1.70. The highest BCUT2D eigenvalue weighted by Crippen LogP contribution is 2.27. The van der Waals surface area contributed by atoms with Crippen LogP contribution in [0.4, 0.5) is 4.79 Å². The van der Waals surface area contributed by atoms with Crippen molar-refractivity contribution in [2.75, 3.05) is 6.54 Å². The quantitative estimate of drug-likeness (QED) is 0.269. The molecule has 0 unspecified atom stereocenters. The molecule has 1 atom stereocenters. The Morgan fingerprint density at radius 2 is 1.47 bits per heavy atom. The molecule has 0 aliphatic rings. The first kappa shape index (κ1) is 28.8. The van der Waals surface area contributed by atoms with E-state index in [9.17, 15) is 19.2 Å². The van der Waals surface area contributed by atoms with Gasteiger partial charge in [-0.3, -0.25) is 9.59 Å². The molecule has 12 heteroatoms. The van der Waals surface area contributed by atoms with Gasteiger partial charge in [-0.25, -0.2) is 9.59 Å². The molecule has 3 rings (SSSR count). The molecule has 0 aliphatic carbocycles. The van der Waals surface area contributed by atoms with Gasteiger partial charge in [0, 0.05) is 17.1 Å². The van der Waals surface area contributed by atoms with Gasteiger partial charge in [-0.2, -0.15) is 0 Å². The van der Waals surface area contributed by atoms with Crippen LogP contribution in [0.3, 0.4) is 0 Å². The zero-order chi connectivity index (χ0) is 27.7. The van der Waals surface area contributed by atoms with Crippen LogP contribution in [0.25, 0.3) is 0 Å². The summed E-state index contributed by atoms with van der Waals surface area (Å²) < 4.78 is 5.27. The minimum atomic E-state index is -1.30. The molecule has 0 saturated carbocycles. The first-order valence-corrected chi connectivity index (χ1v) is 12.3. The number of hydrogen-bond donors (Lipinski definition) is 4. The Morgan fingerprint density at radius 1 is 0.816 bits per heavy atom. The van der Waals surface area contributed by atoms with Crippen molar-refractivity contribution in [3.05, 3.63) is 104 Å². The highest BCUT2D eigenvalue weighted by Gasteiger charge is 2.26. The average molecular weight is 578 g/mol. The molecular weight excluding hydrogens is 555 g/mol. The maximum atomic E-state index is 13.0. The minimum absolute atomic E-state index is 0.0525. The number of benzene rings is 3. The zero-order valence-corrected chi connectivity index (χ0v) is 22.1. The lowest BCUT2D eigenvalue weighted by atomic mass is 10.1. The molecule has 0 spiro atoms. The van der Waals surface area contributed by atoms with Crippen molar-refractivity contribution in [1.29, 1.82) is 0 Å². The molecule has 0 radical (unpaired) electrons. The monoisotopic (exact) mass is 576 g/mol. The SMILES string of the molecule is NC(=O)NC[C@H](NC(=O)c1c(Cl)cc(C(=O)NCc2cccc(Cl)c2)cc1Cl)C(=O)OCc1ccccc1. The molecule has 198 valence electrons. The van der Waals surface area contributed by atoms with Gasteiger partial charge >= 0.3 is 12.0 Å². The fourth-order valence-electron chi connectivity index (χ4n) is 3.31. The normalized spacial score (nSPS) is 11.2. The van der Waals surface area contributed by atoms with Gasteiger partial charge in [0.25, 0.3) is 11.8 Å². The maximum absolute atomic E-state index is 13.0. The molecule has 0 saturated heterocycles. The molecule has 5 N–H and O–H groups in total. The van der Waals surface area contributed by atoms with Crippen LogP contribution in [0.2, 0.25) is 15.1 Å². The highest BCUT2D eigenvalue weighted by atomic mass is 35.5. The summed E-state index contributed by atoms with van der Waals surface area (Å²) in [5.74, 6) is -2.12. The number of primary amides is 1. The molecular formula is C26H23Cl3N4O5. The largest absolute Gasteiger partial charge is 0.459 e. The third-order valence-corrected chi connectivity index (χ3v) is 6.00. The predicted octanol–water partition coefficient (Wildman–Crippen LogP) is 4.09.